The van der Waals surface area contributed by atoms with Crippen LogP contribution in [0.2, 0.25) is 0 Å². The molecule has 49 heavy (non-hydrogen) atoms. The van der Waals surface area contributed by atoms with Gasteiger partial charge in [0.15, 0.2) is 0 Å². The first kappa shape index (κ1) is 41.6. The van der Waals surface area contributed by atoms with Crippen LogP contribution in [0.25, 0.3) is 0 Å². The van der Waals surface area contributed by atoms with Crippen molar-refractivity contribution in [3.05, 3.63) is 35.9 Å². The summed E-state index contributed by atoms with van der Waals surface area (Å²) in [6.45, 7) is 9.17. The highest BCUT2D eigenvalue weighted by atomic mass is 16.5. The van der Waals surface area contributed by atoms with Crippen LogP contribution in [0.5, 0.6) is 0 Å². The van der Waals surface area contributed by atoms with E-state index in [9.17, 15) is 24.0 Å². The van der Waals surface area contributed by atoms with Gasteiger partial charge in [0.05, 0.1) is 55.8 Å². The maximum absolute atomic E-state index is 14.0. The number of carbonyl (C=O) groups is 5. The van der Waals surface area contributed by atoms with Crippen molar-refractivity contribution < 1.29 is 38.2 Å². The number of benzene rings is 1. The van der Waals surface area contributed by atoms with Gasteiger partial charge in [0, 0.05) is 34.2 Å². The highest BCUT2D eigenvalue weighted by molar-refractivity contribution is 5.89. The third-order valence-electron chi connectivity index (χ3n) is 9.68. The van der Waals surface area contributed by atoms with Crippen LogP contribution < -0.4 is 16.4 Å². The lowest BCUT2D eigenvalue weighted by atomic mass is 9.87. The minimum Gasteiger partial charge on any atom is -0.467 e. The van der Waals surface area contributed by atoms with Gasteiger partial charge in [-0.3, -0.25) is 19.2 Å². The predicted octanol–water partition coefficient (Wildman–Crippen LogP) is 2.05. The maximum atomic E-state index is 14.0. The number of amides is 4. The molecule has 6 atom stereocenters. The largest absolute Gasteiger partial charge is 0.467 e. The quantitative estimate of drug-likeness (QED) is 0.184. The molecular formula is C36H59N5O8. The van der Waals surface area contributed by atoms with Crippen molar-refractivity contribution in [2.24, 2.45) is 17.6 Å². The SMILES string of the molecule is CCC(CC)C(C(CC(=O)N1CCCC1C(OC)C(C)C(=O)NC(Cc1ccccc1)C(=O)OC)OC)N(C)C(=O)CNC(=O)C(C)(C)N. The summed E-state index contributed by atoms with van der Waals surface area (Å²) in [6.07, 6.45) is 1.86. The third kappa shape index (κ3) is 11.5. The van der Waals surface area contributed by atoms with Crippen LogP contribution >= 0.6 is 0 Å². The number of carbonyl (C=O) groups excluding carboxylic acids is 5. The molecule has 0 aliphatic carbocycles. The highest BCUT2D eigenvalue weighted by Gasteiger charge is 2.42. The van der Waals surface area contributed by atoms with Gasteiger partial charge in [0.1, 0.15) is 6.04 Å². The first-order chi connectivity index (χ1) is 23.1. The van der Waals surface area contributed by atoms with Gasteiger partial charge >= 0.3 is 5.97 Å². The van der Waals surface area contributed by atoms with Gasteiger partial charge in [-0.1, -0.05) is 63.9 Å². The average molecular weight is 690 g/mol. The van der Waals surface area contributed by atoms with E-state index in [0.717, 1.165) is 24.8 Å². The van der Waals surface area contributed by atoms with Crippen LogP contribution in [0.3, 0.4) is 0 Å². The van der Waals surface area contributed by atoms with E-state index in [0.29, 0.717) is 13.0 Å². The lowest BCUT2D eigenvalue weighted by Crippen LogP contribution is -2.56. The number of nitrogens with zero attached hydrogens (tertiary/aromatic N) is 2. The summed E-state index contributed by atoms with van der Waals surface area (Å²) in [6, 6.07) is 7.63. The highest BCUT2D eigenvalue weighted by Crippen LogP contribution is 2.30. The Kier molecular flexibility index (Phi) is 16.6. The average Bonchev–Trinajstić information content (AvgIpc) is 3.57. The number of likely N-dealkylation sites (N-methyl/N-ethyl adjacent to an activating group) is 1. The molecule has 13 heteroatoms. The van der Waals surface area contributed by atoms with E-state index in [2.05, 4.69) is 10.6 Å². The van der Waals surface area contributed by atoms with Gasteiger partial charge in [0.2, 0.25) is 23.6 Å². The molecule has 2 rings (SSSR count). The Hall–Kier alpha value is -3.55. The first-order valence-corrected chi connectivity index (χ1v) is 17.2. The topological polar surface area (TPSA) is 170 Å². The Morgan fingerprint density at radius 1 is 1.04 bits per heavy atom. The standard InChI is InChI=1S/C36H59N5O8/c1-10-25(11-2)31(40(6)30(43)22-38-35(46)36(4,5)37)28(47-7)21-29(42)41-19-15-18-27(41)32(48-8)23(3)33(44)39-26(34(45)49-9)20-24-16-13-12-14-17-24/h12-14,16-17,23,25-28,31-32H,10-11,15,18-22,37H2,1-9H3,(H,38,46)(H,39,44). The maximum Gasteiger partial charge on any atom is 0.328 e. The van der Waals surface area contributed by atoms with E-state index >= 15 is 0 Å². The van der Waals surface area contributed by atoms with E-state index in [1.807, 2.05) is 44.2 Å². The lowest BCUT2D eigenvalue weighted by molar-refractivity contribution is -0.148. The molecule has 0 bridgehead atoms. The summed E-state index contributed by atoms with van der Waals surface area (Å²) in [4.78, 5) is 69.1. The van der Waals surface area contributed by atoms with Crippen LogP contribution in [0.15, 0.2) is 30.3 Å². The molecule has 6 unspecified atom stereocenters. The van der Waals surface area contributed by atoms with Gasteiger partial charge in [-0.05, 0) is 38.2 Å². The van der Waals surface area contributed by atoms with Crippen molar-refractivity contribution in [2.75, 3.05) is 41.5 Å². The summed E-state index contributed by atoms with van der Waals surface area (Å²) in [5, 5.41) is 5.45. The van der Waals surface area contributed by atoms with Crippen LogP contribution in [0, 0.1) is 11.8 Å². The van der Waals surface area contributed by atoms with Gasteiger partial charge < -0.3 is 40.4 Å². The third-order valence-corrected chi connectivity index (χ3v) is 9.68. The van der Waals surface area contributed by atoms with E-state index < -0.39 is 47.6 Å². The fraction of sp³-hybridized carbons (Fsp3) is 0.694. The second kappa shape index (κ2) is 19.6. The minimum atomic E-state index is -1.13. The molecule has 0 saturated carbocycles. The molecule has 0 aromatic heterocycles. The molecule has 276 valence electrons. The summed E-state index contributed by atoms with van der Waals surface area (Å²) in [5.74, 6) is -2.54. The summed E-state index contributed by atoms with van der Waals surface area (Å²) in [7, 11) is 6.00. The van der Waals surface area contributed by atoms with Crippen LogP contribution in [-0.2, 0) is 44.6 Å². The van der Waals surface area contributed by atoms with Crippen molar-refractivity contribution in [1.29, 1.82) is 0 Å². The van der Waals surface area contributed by atoms with Crippen molar-refractivity contribution in [1.82, 2.24) is 20.4 Å². The van der Waals surface area contributed by atoms with Gasteiger partial charge in [-0.2, -0.15) is 0 Å². The monoisotopic (exact) mass is 689 g/mol. The van der Waals surface area contributed by atoms with Crippen LogP contribution in [-0.4, -0.2) is 117 Å². The lowest BCUT2D eigenvalue weighted by Gasteiger charge is -2.40. The zero-order valence-electron chi connectivity index (χ0n) is 30.8. The Labute approximate surface area is 291 Å². The summed E-state index contributed by atoms with van der Waals surface area (Å²) < 4.78 is 16.8. The molecule has 0 spiro atoms. The molecule has 1 heterocycles. The van der Waals surface area contributed by atoms with Crippen LogP contribution in [0.4, 0.5) is 0 Å². The number of likely N-dealkylation sites (tertiary alicyclic amines) is 1. The van der Waals surface area contributed by atoms with E-state index in [4.69, 9.17) is 19.9 Å². The molecule has 1 aromatic rings. The summed E-state index contributed by atoms with van der Waals surface area (Å²) in [5.41, 5.74) is 5.61. The Morgan fingerprint density at radius 2 is 1.67 bits per heavy atom. The second-order valence-electron chi connectivity index (χ2n) is 13.5. The van der Waals surface area contributed by atoms with Crippen molar-refractivity contribution >= 4 is 29.6 Å². The number of ether oxygens (including phenoxy) is 3. The van der Waals surface area contributed by atoms with Gasteiger partial charge in [-0.25, -0.2) is 4.79 Å². The molecule has 4 N–H and O–H groups in total. The number of hydrogen-bond donors (Lipinski definition) is 3. The van der Waals surface area contributed by atoms with E-state index in [1.54, 1.807) is 37.6 Å². The first-order valence-electron chi connectivity index (χ1n) is 17.2. The fourth-order valence-electron chi connectivity index (χ4n) is 6.72. The van der Waals surface area contributed by atoms with E-state index in [1.165, 1.54) is 21.3 Å². The normalized spacial score (nSPS) is 17.9. The Bertz CT molecular complexity index is 1240. The molecule has 13 nitrogen and oxygen atoms in total. The number of nitrogens with two attached hydrogens (primary N) is 1. The van der Waals surface area contributed by atoms with Crippen molar-refractivity contribution in [3.63, 3.8) is 0 Å². The Balaban J connectivity index is 2.22. The molecule has 1 saturated heterocycles. The van der Waals surface area contributed by atoms with E-state index in [-0.39, 0.29) is 49.1 Å². The smallest absolute Gasteiger partial charge is 0.328 e. The van der Waals surface area contributed by atoms with Gasteiger partial charge in [-0.15, -0.1) is 0 Å². The fourth-order valence-corrected chi connectivity index (χ4v) is 6.72. The second-order valence-corrected chi connectivity index (χ2v) is 13.5. The van der Waals surface area contributed by atoms with Crippen molar-refractivity contribution in [3.8, 4) is 0 Å². The number of rotatable bonds is 19. The molecular weight excluding hydrogens is 630 g/mol. The predicted molar refractivity (Wildman–Crippen MR) is 186 cm³/mol. The number of methoxy groups -OCH3 is 3. The molecule has 4 amide bonds. The zero-order chi connectivity index (χ0) is 36.9. The molecule has 1 fully saturated rings. The molecule has 1 aliphatic rings. The van der Waals surface area contributed by atoms with Gasteiger partial charge in [0.25, 0.3) is 0 Å². The zero-order valence-corrected chi connectivity index (χ0v) is 30.8. The summed E-state index contributed by atoms with van der Waals surface area (Å²) >= 11 is 0. The molecule has 1 aliphatic heterocycles. The number of hydrogen-bond acceptors (Lipinski definition) is 9. The van der Waals surface area contributed by atoms with Crippen LogP contribution in [0.1, 0.15) is 72.3 Å². The molecule has 0 radical (unpaired) electrons. The number of nitrogens with one attached hydrogen (secondary N) is 2. The van der Waals surface area contributed by atoms with Crippen molar-refractivity contribution in [2.45, 2.75) is 109 Å². The molecule has 1 aromatic carbocycles. The Morgan fingerprint density at radius 3 is 2.20 bits per heavy atom. The minimum absolute atomic E-state index is 0.00643. The number of esters is 1.